The van der Waals surface area contributed by atoms with Crippen molar-refractivity contribution in [3.05, 3.63) is 35.4 Å². The fourth-order valence-electron chi connectivity index (χ4n) is 2.98. The topological polar surface area (TPSA) is 15.3 Å². The predicted octanol–water partition coefficient (Wildman–Crippen LogP) is 2.00. The highest BCUT2D eigenvalue weighted by Gasteiger charge is 2.22. The van der Waals surface area contributed by atoms with Gasteiger partial charge in [-0.1, -0.05) is 24.3 Å². The lowest BCUT2D eigenvalue weighted by molar-refractivity contribution is 0.211. The molecule has 16 heavy (non-hydrogen) atoms. The zero-order valence-electron chi connectivity index (χ0n) is 9.78. The molecule has 0 aliphatic carbocycles. The summed E-state index contributed by atoms with van der Waals surface area (Å²) >= 11 is 0. The molecule has 1 fully saturated rings. The Labute approximate surface area is 97.6 Å². The Balaban J connectivity index is 1.59. The summed E-state index contributed by atoms with van der Waals surface area (Å²) in [4.78, 5) is 2.60. The van der Waals surface area contributed by atoms with Crippen LogP contribution in [0.3, 0.4) is 0 Å². The number of fused-ring (bicyclic) bond motifs is 1. The van der Waals surface area contributed by atoms with Crippen molar-refractivity contribution >= 4 is 0 Å². The van der Waals surface area contributed by atoms with Gasteiger partial charge in [0.2, 0.25) is 0 Å². The van der Waals surface area contributed by atoms with Crippen molar-refractivity contribution in [2.75, 3.05) is 19.6 Å². The second-order valence-electron chi connectivity index (χ2n) is 5.15. The molecule has 1 atom stereocenters. The van der Waals surface area contributed by atoms with E-state index < -0.39 is 0 Å². The summed E-state index contributed by atoms with van der Waals surface area (Å²) in [5.41, 5.74) is 3.07. The Morgan fingerprint density at radius 2 is 1.94 bits per heavy atom. The molecule has 2 heterocycles. The summed E-state index contributed by atoms with van der Waals surface area (Å²) in [7, 11) is 0. The summed E-state index contributed by atoms with van der Waals surface area (Å²) in [5, 5.41) is 3.50. The highest BCUT2D eigenvalue weighted by Crippen LogP contribution is 2.24. The Morgan fingerprint density at radius 3 is 2.56 bits per heavy atom. The highest BCUT2D eigenvalue weighted by molar-refractivity contribution is 5.30. The van der Waals surface area contributed by atoms with Gasteiger partial charge in [0.05, 0.1) is 0 Å². The lowest BCUT2D eigenvalue weighted by Crippen LogP contribution is -2.36. The third kappa shape index (κ3) is 2.13. The van der Waals surface area contributed by atoms with E-state index in [2.05, 4.69) is 34.5 Å². The van der Waals surface area contributed by atoms with Gasteiger partial charge in [-0.3, -0.25) is 4.90 Å². The number of hydrogen-bond donors (Lipinski definition) is 1. The van der Waals surface area contributed by atoms with Crippen molar-refractivity contribution in [3.63, 3.8) is 0 Å². The van der Waals surface area contributed by atoms with Crippen LogP contribution < -0.4 is 5.32 Å². The SMILES string of the molecule is c1ccc2c(c1)CN(CC1CCCNC1)C2. The van der Waals surface area contributed by atoms with Gasteiger partial charge in [-0.05, 0) is 43.0 Å². The van der Waals surface area contributed by atoms with Gasteiger partial charge in [-0.25, -0.2) is 0 Å². The fraction of sp³-hybridized carbons (Fsp3) is 0.571. The number of nitrogens with one attached hydrogen (secondary N) is 1. The molecule has 1 unspecified atom stereocenters. The van der Waals surface area contributed by atoms with Gasteiger partial charge in [-0.2, -0.15) is 0 Å². The maximum absolute atomic E-state index is 3.50. The van der Waals surface area contributed by atoms with Crippen LogP contribution in [-0.2, 0) is 13.1 Å². The molecule has 2 aliphatic rings. The third-order valence-electron chi connectivity index (χ3n) is 3.82. The van der Waals surface area contributed by atoms with E-state index in [1.807, 2.05) is 0 Å². The normalized spacial score (nSPS) is 25.6. The molecule has 1 aromatic rings. The molecule has 86 valence electrons. The van der Waals surface area contributed by atoms with Crippen LogP contribution in [0.5, 0.6) is 0 Å². The highest BCUT2D eigenvalue weighted by atomic mass is 15.1. The minimum Gasteiger partial charge on any atom is -0.316 e. The first-order valence-electron chi connectivity index (χ1n) is 6.41. The molecule has 2 aliphatic heterocycles. The Hall–Kier alpha value is -0.860. The summed E-state index contributed by atoms with van der Waals surface area (Å²) < 4.78 is 0. The van der Waals surface area contributed by atoms with Crippen LogP contribution in [0.1, 0.15) is 24.0 Å². The molecule has 0 aromatic heterocycles. The molecule has 0 saturated carbocycles. The first-order valence-corrected chi connectivity index (χ1v) is 6.41. The summed E-state index contributed by atoms with van der Waals surface area (Å²) in [6.07, 6.45) is 2.76. The van der Waals surface area contributed by atoms with E-state index in [0.29, 0.717) is 0 Å². The molecule has 0 radical (unpaired) electrons. The largest absolute Gasteiger partial charge is 0.316 e. The summed E-state index contributed by atoms with van der Waals surface area (Å²) in [6, 6.07) is 8.86. The first-order chi connectivity index (χ1) is 7.92. The number of rotatable bonds is 2. The van der Waals surface area contributed by atoms with E-state index in [-0.39, 0.29) is 0 Å². The van der Waals surface area contributed by atoms with Crippen LogP contribution in [0.25, 0.3) is 0 Å². The van der Waals surface area contributed by atoms with E-state index >= 15 is 0 Å². The van der Waals surface area contributed by atoms with Crippen molar-refractivity contribution in [1.82, 2.24) is 10.2 Å². The average molecular weight is 216 g/mol. The first kappa shape index (κ1) is 10.3. The van der Waals surface area contributed by atoms with Crippen LogP contribution in [0.15, 0.2) is 24.3 Å². The smallest absolute Gasteiger partial charge is 0.0240 e. The number of benzene rings is 1. The van der Waals surface area contributed by atoms with Crippen LogP contribution >= 0.6 is 0 Å². The van der Waals surface area contributed by atoms with Crippen LogP contribution in [-0.4, -0.2) is 24.5 Å². The molecule has 2 heteroatoms. The lowest BCUT2D eigenvalue weighted by atomic mass is 9.99. The van der Waals surface area contributed by atoms with Crippen molar-refractivity contribution in [3.8, 4) is 0 Å². The van der Waals surface area contributed by atoms with Gasteiger partial charge in [-0.15, -0.1) is 0 Å². The molecule has 2 nitrogen and oxygen atoms in total. The quantitative estimate of drug-likeness (QED) is 0.813. The van der Waals surface area contributed by atoms with Crippen LogP contribution in [0, 0.1) is 5.92 Å². The number of hydrogen-bond acceptors (Lipinski definition) is 2. The summed E-state index contributed by atoms with van der Waals surface area (Å²) in [5.74, 6) is 0.864. The predicted molar refractivity (Wildman–Crippen MR) is 66.1 cm³/mol. The van der Waals surface area contributed by atoms with Gasteiger partial charge in [0.1, 0.15) is 0 Å². The molecular weight excluding hydrogens is 196 g/mol. The second kappa shape index (κ2) is 4.56. The van der Waals surface area contributed by atoms with Crippen LogP contribution in [0.4, 0.5) is 0 Å². The van der Waals surface area contributed by atoms with Crippen molar-refractivity contribution in [2.24, 2.45) is 5.92 Å². The van der Waals surface area contributed by atoms with Gasteiger partial charge >= 0.3 is 0 Å². The maximum atomic E-state index is 3.50. The van der Waals surface area contributed by atoms with E-state index in [0.717, 1.165) is 19.0 Å². The van der Waals surface area contributed by atoms with Crippen molar-refractivity contribution in [1.29, 1.82) is 0 Å². The van der Waals surface area contributed by atoms with E-state index in [1.165, 1.54) is 43.6 Å². The molecule has 0 bridgehead atoms. The number of nitrogens with zero attached hydrogens (tertiary/aromatic N) is 1. The number of piperidine rings is 1. The van der Waals surface area contributed by atoms with Gasteiger partial charge in [0.25, 0.3) is 0 Å². The Kier molecular flexibility index (Phi) is 2.94. The Bertz CT molecular complexity index is 331. The second-order valence-corrected chi connectivity index (χ2v) is 5.15. The Morgan fingerprint density at radius 1 is 1.19 bits per heavy atom. The fourth-order valence-corrected chi connectivity index (χ4v) is 2.98. The van der Waals surface area contributed by atoms with Crippen LogP contribution in [0.2, 0.25) is 0 Å². The average Bonchev–Trinajstić information content (AvgIpc) is 2.72. The molecule has 1 saturated heterocycles. The molecule has 0 spiro atoms. The molecule has 1 aromatic carbocycles. The molecule has 0 amide bonds. The van der Waals surface area contributed by atoms with Crippen molar-refractivity contribution < 1.29 is 0 Å². The molecule has 1 N–H and O–H groups in total. The molecular formula is C14H20N2. The van der Waals surface area contributed by atoms with Gasteiger partial charge in [0, 0.05) is 19.6 Å². The zero-order chi connectivity index (χ0) is 10.8. The van der Waals surface area contributed by atoms with Crippen molar-refractivity contribution in [2.45, 2.75) is 25.9 Å². The monoisotopic (exact) mass is 216 g/mol. The maximum Gasteiger partial charge on any atom is 0.0240 e. The third-order valence-corrected chi connectivity index (χ3v) is 3.82. The zero-order valence-corrected chi connectivity index (χ0v) is 9.78. The summed E-state index contributed by atoms with van der Waals surface area (Å²) in [6.45, 7) is 6.02. The molecule has 3 rings (SSSR count). The minimum absolute atomic E-state index is 0.864. The minimum atomic E-state index is 0.864. The van der Waals surface area contributed by atoms with E-state index in [9.17, 15) is 0 Å². The van der Waals surface area contributed by atoms with Gasteiger partial charge < -0.3 is 5.32 Å². The van der Waals surface area contributed by atoms with E-state index in [1.54, 1.807) is 0 Å². The van der Waals surface area contributed by atoms with Gasteiger partial charge in [0.15, 0.2) is 0 Å². The lowest BCUT2D eigenvalue weighted by Gasteiger charge is -2.27. The standard InChI is InChI=1S/C14H20N2/c1-2-6-14-11-16(10-13(14)5-1)9-12-4-3-7-15-8-12/h1-2,5-6,12,15H,3-4,7-11H2. The van der Waals surface area contributed by atoms with E-state index in [4.69, 9.17) is 0 Å².